The molecule has 130 valence electrons. The Hall–Kier alpha value is -3.22. The van der Waals surface area contributed by atoms with Crippen molar-refractivity contribution in [1.29, 1.82) is 0 Å². The monoisotopic (exact) mass is 342 g/mol. The molecule has 0 aliphatic rings. The van der Waals surface area contributed by atoms with Crippen molar-refractivity contribution in [3.63, 3.8) is 0 Å². The van der Waals surface area contributed by atoms with E-state index in [9.17, 15) is 19.7 Å². The third-order valence-electron chi connectivity index (χ3n) is 3.29. The molecule has 0 heterocycles. The molecule has 7 nitrogen and oxygen atoms in total. The minimum Gasteiger partial charge on any atom is -0.459 e. The van der Waals surface area contributed by atoms with Gasteiger partial charge in [-0.3, -0.25) is 14.9 Å². The van der Waals surface area contributed by atoms with Crippen molar-refractivity contribution in [2.75, 3.05) is 5.32 Å². The molecule has 2 aromatic rings. The van der Waals surface area contributed by atoms with Crippen LogP contribution in [-0.4, -0.2) is 22.9 Å². The number of hydrogen-bond donors (Lipinski definition) is 1. The molecule has 2 aromatic carbocycles. The lowest BCUT2D eigenvalue weighted by Crippen LogP contribution is -2.15. The first-order chi connectivity index (χ1) is 11.9. The SMILES string of the molecule is CC(C)OC(=O)c1ccc(NC(=O)Cc2ccccc2[N+](=O)[O-])cc1. The lowest BCUT2D eigenvalue weighted by atomic mass is 10.1. The quantitative estimate of drug-likeness (QED) is 0.493. The molecule has 0 aromatic heterocycles. The molecule has 0 radical (unpaired) electrons. The van der Waals surface area contributed by atoms with Gasteiger partial charge in [-0.15, -0.1) is 0 Å². The van der Waals surface area contributed by atoms with Gasteiger partial charge in [-0.05, 0) is 38.1 Å². The number of nitrogens with one attached hydrogen (secondary N) is 1. The van der Waals surface area contributed by atoms with Crippen LogP contribution in [0.5, 0.6) is 0 Å². The van der Waals surface area contributed by atoms with Gasteiger partial charge in [0.2, 0.25) is 5.91 Å². The number of carbonyl (C=O) groups is 2. The minimum absolute atomic E-state index is 0.0931. The standard InChI is InChI=1S/C18H18N2O5/c1-12(2)25-18(22)13-7-9-15(10-8-13)19-17(21)11-14-5-3-4-6-16(14)20(23)24/h3-10,12H,11H2,1-2H3,(H,19,21). The van der Waals surface area contributed by atoms with Gasteiger partial charge in [0, 0.05) is 17.3 Å². The molecule has 1 amide bonds. The van der Waals surface area contributed by atoms with Gasteiger partial charge < -0.3 is 10.1 Å². The molecule has 0 aliphatic carbocycles. The summed E-state index contributed by atoms with van der Waals surface area (Å²) in [5.41, 5.74) is 1.11. The fourth-order valence-electron chi connectivity index (χ4n) is 2.19. The van der Waals surface area contributed by atoms with Crippen molar-refractivity contribution < 1.29 is 19.2 Å². The van der Waals surface area contributed by atoms with E-state index in [1.165, 1.54) is 6.07 Å². The highest BCUT2D eigenvalue weighted by Gasteiger charge is 2.16. The van der Waals surface area contributed by atoms with Gasteiger partial charge in [0.25, 0.3) is 5.69 Å². The summed E-state index contributed by atoms with van der Waals surface area (Å²) in [4.78, 5) is 34.3. The summed E-state index contributed by atoms with van der Waals surface area (Å²) in [6.07, 6.45) is -0.331. The number of esters is 1. The zero-order valence-electron chi connectivity index (χ0n) is 13.9. The average molecular weight is 342 g/mol. The van der Waals surface area contributed by atoms with Gasteiger partial charge >= 0.3 is 5.97 Å². The van der Waals surface area contributed by atoms with Crippen LogP contribution >= 0.6 is 0 Å². The molecule has 2 rings (SSSR count). The third-order valence-corrected chi connectivity index (χ3v) is 3.29. The number of benzene rings is 2. The van der Waals surface area contributed by atoms with Crippen LogP contribution in [0.2, 0.25) is 0 Å². The van der Waals surface area contributed by atoms with Gasteiger partial charge in [-0.2, -0.15) is 0 Å². The van der Waals surface area contributed by atoms with Crippen molar-refractivity contribution in [2.24, 2.45) is 0 Å². The normalized spacial score (nSPS) is 10.4. The van der Waals surface area contributed by atoms with Crippen LogP contribution in [0.3, 0.4) is 0 Å². The second-order valence-electron chi connectivity index (χ2n) is 5.64. The van der Waals surface area contributed by atoms with E-state index >= 15 is 0 Å². The van der Waals surface area contributed by atoms with Crippen LogP contribution in [0.15, 0.2) is 48.5 Å². The van der Waals surface area contributed by atoms with Crippen LogP contribution in [0.25, 0.3) is 0 Å². The van der Waals surface area contributed by atoms with Gasteiger partial charge in [0.05, 0.1) is 23.0 Å². The Labute approximate surface area is 144 Å². The predicted molar refractivity (Wildman–Crippen MR) is 92.4 cm³/mol. The molecule has 7 heteroatoms. The molecule has 0 saturated heterocycles. The molecule has 25 heavy (non-hydrogen) atoms. The van der Waals surface area contributed by atoms with E-state index in [-0.39, 0.29) is 24.1 Å². The Morgan fingerprint density at radius 1 is 1.12 bits per heavy atom. The molecular weight excluding hydrogens is 324 g/mol. The van der Waals surface area contributed by atoms with Crippen LogP contribution in [0.1, 0.15) is 29.8 Å². The van der Waals surface area contributed by atoms with Gasteiger partial charge in [0.1, 0.15) is 0 Å². The summed E-state index contributed by atoms with van der Waals surface area (Å²) in [5, 5.41) is 13.6. The molecule has 0 unspecified atom stereocenters. The fourth-order valence-corrected chi connectivity index (χ4v) is 2.19. The maximum absolute atomic E-state index is 12.1. The summed E-state index contributed by atoms with van der Waals surface area (Å²) in [6, 6.07) is 12.3. The first kappa shape index (κ1) is 18.1. The molecule has 0 spiro atoms. The van der Waals surface area contributed by atoms with E-state index in [0.717, 1.165) is 0 Å². The second kappa shape index (κ2) is 8.05. The van der Waals surface area contributed by atoms with Gasteiger partial charge in [-0.25, -0.2) is 4.79 Å². The Morgan fingerprint density at radius 3 is 2.36 bits per heavy atom. The number of anilines is 1. The highest BCUT2D eigenvalue weighted by molar-refractivity contribution is 5.94. The highest BCUT2D eigenvalue weighted by Crippen LogP contribution is 2.19. The molecule has 0 aliphatic heterocycles. The molecule has 0 bridgehead atoms. The number of rotatable bonds is 6. The Bertz CT molecular complexity index is 784. The molecular formula is C18H18N2O5. The van der Waals surface area contributed by atoms with Crippen LogP contribution in [-0.2, 0) is 16.0 Å². The minimum atomic E-state index is -0.516. The maximum Gasteiger partial charge on any atom is 0.338 e. The Morgan fingerprint density at radius 2 is 1.76 bits per heavy atom. The summed E-state index contributed by atoms with van der Waals surface area (Å²) in [6.45, 7) is 3.52. The zero-order chi connectivity index (χ0) is 18.4. The Kier molecular flexibility index (Phi) is 5.84. The molecule has 1 N–H and O–H groups in total. The second-order valence-corrected chi connectivity index (χ2v) is 5.64. The topological polar surface area (TPSA) is 98.5 Å². The van der Waals surface area contributed by atoms with E-state index < -0.39 is 10.9 Å². The van der Waals surface area contributed by atoms with E-state index in [1.807, 2.05) is 0 Å². The smallest absolute Gasteiger partial charge is 0.338 e. The predicted octanol–water partition coefficient (Wildman–Crippen LogP) is 3.34. The van der Waals surface area contributed by atoms with Crippen molar-refractivity contribution >= 4 is 23.3 Å². The van der Waals surface area contributed by atoms with Crippen molar-refractivity contribution in [1.82, 2.24) is 0 Å². The first-order valence-electron chi connectivity index (χ1n) is 7.70. The summed E-state index contributed by atoms with van der Waals surface area (Å²) >= 11 is 0. The first-order valence-corrected chi connectivity index (χ1v) is 7.70. The number of hydrogen-bond acceptors (Lipinski definition) is 5. The van der Waals surface area contributed by atoms with Crippen molar-refractivity contribution in [3.8, 4) is 0 Å². The van der Waals surface area contributed by atoms with Crippen LogP contribution in [0, 0.1) is 10.1 Å². The van der Waals surface area contributed by atoms with E-state index in [4.69, 9.17) is 4.74 Å². The van der Waals surface area contributed by atoms with Crippen molar-refractivity contribution in [2.45, 2.75) is 26.4 Å². The summed E-state index contributed by atoms with van der Waals surface area (Å²) < 4.78 is 5.08. The van der Waals surface area contributed by atoms with E-state index in [0.29, 0.717) is 16.8 Å². The van der Waals surface area contributed by atoms with Gasteiger partial charge in [0.15, 0.2) is 0 Å². The number of nitro groups is 1. The van der Waals surface area contributed by atoms with Crippen LogP contribution < -0.4 is 5.32 Å². The lowest BCUT2D eigenvalue weighted by molar-refractivity contribution is -0.385. The maximum atomic E-state index is 12.1. The number of nitro benzene ring substituents is 1. The summed E-state index contributed by atoms with van der Waals surface area (Å²) in [5.74, 6) is -0.820. The fraction of sp³-hybridized carbons (Fsp3) is 0.222. The lowest BCUT2D eigenvalue weighted by Gasteiger charge is -2.09. The van der Waals surface area contributed by atoms with Crippen LogP contribution in [0.4, 0.5) is 11.4 Å². The average Bonchev–Trinajstić information content (AvgIpc) is 2.55. The number of nitrogens with zero attached hydrogens (tertiary/aromatic N) is 1. The largest absolute Gasteiger partial charge is 0.459 e. The number of carbonyl (C=O) groups excluding carboxylic acids is 2. The number of amides is 1. The van der Waals surface area contributed by atoms with Gasteiger partial charge in [-0.1, -0.05) is 18.2 Å². The zero-order valence-corrected chi connectivity index (χ0v) is 13.9. The molecule has 0 atom stereocenters. The molecule has 0 fully saturated rings. The van der Waals surface area contributed by atoms with E-state index in [2.05, 4.69) is 5.32 Å². The number of ether oxygens (including phenoxy) is 1. The Balaban J connectivity index is 2.02. The van der Waals surface area contributed by atoms with Crippen molar-refractivity contribution in [3.05, 3.63) is 69.8 Å². The molecule has 0 saturated carbocycles. The summed E-state index contributed by atoms with van der Waals surface area (Å²) in [7, 11) is 0. The number of para-hydroxylation sites is 1. The highest BCUT2D eigenvalue weighted by atomic mass is 16.6. The van der Waals surface area contributed by atoms with E-state index in [1.54, 1.807) is 56.3 Å². The third kappa shape index (κ3) is 5.13.